The van der Waals surface area contributed by atoms with E-state index in [9.17, 15) is 13.2 Å². The smallest absolute Gasteiger partial charge is 0.343 e. The van der Waals surface area contributed by atoms with E-state index in [0.29, 0.717) is 21.9 Å². The number of fused-ring (bicyclic) bond motifs is 1. The summed E-state index contributed by atoms with van der Waals surface area (Å²) in [5.41, 5.74) is 3.28. The molecular formula is C24H18ClNO4S. The number of pyridine rings is 1. The largest absolute Gasteiger partial charge is 0.422 e. The second-order valence-electron chi connectivity index (χ2n) is 7.14. The van der Waals surface area contributed by atoms with Crippen LogP contribution < -0.4 is 4.74 Å². The van der Waals surface area contributed by atoms with Gasteiger partial charge in [-0.15, -0.1) is 0 Å². The fraction of sp³-hybridized carbons (Fsp3) is 0.0833. The van der Waals surface area contributed by atoms with Gasteiger partial charge in [0.05, 0.1) is 21.0 Å². The van der Waals surface area contributed by atoms with Crippen LogP contribution in [0.25, 0.3) is 22.0 Å². The van der Waals surface area contributed by atoms with E-state index in [1.54, 1.807) is 24.4 Å². The number of carbonyl (C=O) groups is 1. The number of rotatable bonds is 4. The highest BCUT2D eigenvalue weighted by atomic mass is 35.5. The lowest BCUT2D eigenvalue weighted by molar-refractivity contribution is 0.0735. The maximum absolute atomic E-state index is 12.8. The molecule has 0 N–H and O–H groups in total. The van der Waals surface area contributed by atoms with Crippen LogP contribution in [0.5, 0.6) is 5.75 Å². The van der Waals surface area contributed by atoms with Gasteiger partial charge in [-0.05, 0) is 48.4 Å². The summed E-state index contributed by atoms with van der Waals surface area (Å²) in [6, 6.07) is 18.5. The molecule has 1 heterocycles. The molecule has 0 aliphatic carbocycles. The summed E-state index contributed by atoms with van der Waals surface area (Å²) in [6.07, 6.45) is 2.83. The molecule has 3 aromatic carbocycles. The molecule has 4 rings (SSSR count). The molecule has 0 radical (unpaired) electrons. The van der Waals surface area contributed by atoms with Gasteiger partial charge in [-0.25, -0.2) is 13.2 Å². The van der Waals surface area contributed by atoms with Gasteiger partial charge in [0.2, 0.25) is 0 Å². The van der Waals surface area contributed by atoms with Gasteiger partial charge in [0, 0.05) is 23.4 Å². The molecular weight excluding hydrogens is 434 g/mol. The lowest BCUT2D eigenvalue weighted by atomic mass is 9.96. The second kappa shape index (κ2) is 8.13. The quantitative estimate of drug-likeness (QED) is 0.303. The fourth-order valence-electron chi connectivity index (χ4n) is 3.42. The summed E-state index contributed by atoms with van der Waals surface area (Å²) in [5.74, 6) is -0.292. The first kappa shape index (κ1) is 21.0. The van der Waals surface area contributed by atoms with E-state index < -0.39 is 15.8 Å². The highest BCUT2D eigenvalue weighted by Gasteiger charge is 2.18. The topological polar surface area (TPSA) is 73.3 Å². The van der Waals surface area contributed by atoms with E-state index in [0.717, 1.165) is 22.8 Å². The third kappa shape index (κ3) is 4.17. The Kier molecular flexibility index (Phi) is 5.52. The lowest BCUT2D eigenvalue weighted by Gasteiger charge is -2.15. The highest BCUT2D eigenvalue weighted by Crippen LogP contribution is 2.38. The van der Waals surface area contributed by atoms with Crippen LogP contribution in [0.2, 0.25) is 5.02 Å². The minimum Gasteiger partial charge on any atom is -0.422 e. The molecule has 0 fully saturated rings. The minimum absolute atomic E-state index is 0.0563. The predicted octanol–water partition coefficient (Wildman–Crippen LogP) is 5.49. The Morgan fingerprint density at radius 3 is 2.52 bits per heavy atom. The van der Waals surface area contributed by atoms with Crippen LogP contribution in [-0.4, -0.2) is 25.6 Å². The Bertz CT molecular complexity index is 1430. The summed E-state index contributed by atoms with van der Waals surface area (Å²) in [5, 5.41) is 1.38. The standard InChI is InChI=1S/C24H18ClNO4S/c1-15-14-26-23-19(10-6-11-20(23)25)22(15)18-9-3-4-12-21(18)30-24(27)16-7-5-8-17(13-16)31(2,28)29/h3-14H,1-2H3. The van der Waals surface area contributed by atoms with Crippen LogP contribution in [0.1, 0.15) is 15.9 Å². The van der Waals surface area contributed by atoms with Crippen molar-refractivity contribution in [1.82, 2.24) is 4.98 Å². The van der Waals surface area contributed by atoms with Gasteiger partial charge in [-0.2, -0.15) is 0 Å². The molecule has 0 aliphatic heterocycles. The van der Waals surface area contributed by atoms with Crippen molar-refractivity contribution in [2.75, 3.05) is 6.26 Å². The fourth-order valence-corrected chi connectivity index (χ4v) is 4.31. The lowest BCUT2D eigenvalue weighted by Crippen LogP contribution is -2.10. The number of halogens is 1. The first-order valence-corrected chi connectivity index (χ1v) is 11.7. The molecule has 0 aliphatic rings. The Hall–Kier alpha value is -3.22. The molecule has 0 saturated heterocycles. The normalized spacial score (nSPS) is 11.5. The third-order valence-electron chi connectivity index (χ3n) is 4.89. The van der Waals surface area contributed by atoms with Gasteiger partial charge in [-0.1, -0.05) is 48.0 Å². The number of aromatic nitrogens is 1. The van der Waals surface area contributed by atoms with Crippen LogP contribution in [0, 0.1) is 6.92 Å². The first-order valence-electron chi connectivity index (χ1n) is 9.41. The van der Waals surface area contributed by atoms with Crippen molar-refractivity contribution in [2.45, 2.75) is 11.8 Å². The van der Waals surface area contributed by atoms with E-state index in [1.165, 1.54) is 24.3 Å². The number of nitrogens with zero attached hydrogens (tertiary/aromatic N) is 1. The van der Waals surface area contributed by atoms with Gasteiger partial charge < -0.3 is 4.74 Å². The predicted molar refractivity (Wildman–Crippen MR) is 121 cm³/mol. The van der Waals surface area contributed by atoms with Gasteiger partial charge in [0.15, 0.2) is 9.84 Å². The number of sulfone groups is 1. The monoisotopic (exact) mass is 451 g/mol. The Morgan fingerprint density at radius 1 is 1.00 bits per heavy atom. The van der Waals surface area contributed by atoms with E-state index in [4.69, 9.17) is 16.3 Å². The Morgan fingerprint density at radius 2 is 1.74 bits per heavy atom. The average Bonchev–Trinajstić information content (AvgIpc) is 2.74. The third-order valence-corrected chi connectivity index (χ3v) is 6.31. The van der Waals surface area contributed by atoms with Crippen molar-refractivity contribution < 1.29 is 17.9 Å². The molecule has 31 heavy (non-hydrogen) atoms. The van der Waals surface area contributed by atoms with Crippen molar-refractivity contribution in [1.29, 1.82) is 0 Å². The molecule has 0 atom stereocenters. The highest BCUT2D eigenvalue weighted by molar-refractivity contribution is 7.90. The first-order chi connectivity index (χ1) is 14.8. The number of carbonyl (C=O) groups excluding carboxylic acids is 1. The van der Waals surface area contributed by atoms with Gasteiger partial charge in [-0.3, -0.25) is 4.98 Å². The van der Waals surface area contributed by atoms with Crippen molar-refractivity contribution in [3.8, 4) is 16.9 Å². The Balaban J connectivity index is 1.80. The molecule has 7 heteroatoms. The molecule has 4 aromatic rings. The molecule has 0 bridgehead atoms. The van der Waals surface area contributed by atoms with Crippen LogP contribution in [-0.2, 0) is 9.84 Å². The van der Waals surface area contributed by atoms with E-state index >= 15 is 0 Å². The summed E-state index contributed by atoms with van der Waals surface area (Å²) in [6.45, 7) is 1.93. The van der Waals surface area contributed by atoms with Crippen LogP contribution in [0.4, 0.5) is 0 Å². The molecule has 0 unspecified atom stereocenters. The summed E-state index contributed by atoms with van der Waals surface area (Å²) in [7, 11) is -3.44. The maximum Gasteiger partial charge on any atom is 0.343 e. The minimum atomic E-state index is -3.44. The van der Waals surface area contributed by atoms with Crippen LogP contribution >= 0.6 is 11.6 Å². The van der Waals surface area contributed by atoms with Gasteiger partial charge in [0.1, 0.15) is 5.75 Å². The number of benzene rings is 3. The van der Waals surface area contributed by atoms with E-state index in [1.807, 2.05) is 31.2 Å². The number of hydrogen-bond donors (Lipinski definition) is 0. The molecule has 0 spiro atoms. The summed E-state index contributed by atoms with van der Waals surface area (Å²) >= 11 is 6.33. The maximum atomic E-state index is 12.8. The van der Waals surface area contributed by atoms with Crippen LogP contribution in [0.15, 0.2) is 77.8 Å². The van der Waals surface area contributed by atoms with Gasteiger partial charge >= 0.3 is 5.97 Å². The SMILES string of the molecule is Cc1cnc2c(Cl)cccc2c1-c1ccccc1OC(=O)c1cccc(S(C)(=O)=O)c1. The van der Waals surface area contributed by atoms with Gasteiger partial charge in [0.25, 0.3) is 0 Å². The van der Waals surface area contributed by atoms with Crippen molar-refractivity contribution in [3.63, 3.8) is 0 Å². The van der Waals surface area contributed by atoms with Crippen molar-refractivity contribution in [3.05, 3.63) is 89.1 Å². The molecule has 1 aromatic heterocycles. The van der Waals surface area contributed by atoms with Crippen LogP contribution in [0.3, 0.4) is 0 Å². The second-order valence-corrected chi connectivity index (χ2v) is 9.56. The number of ether oxygens (including phenoxy) is 1. The Labute approximate surface area is 185 Å². The molecule has 0 saturated carbocycles. The van der Waals surface area contributed by atoms with E-state index in [2.05, 4.69) is 4.98 Å². The molecule has 0 amide bonds. The summed E-state index contributed by atoms with van der Waals surface area (Å²) < 4.78 is 29.4. The zero-order chi connectivity index (χ0) is 22.2. The van der Waals surface area contributed by atoms with Crippen molar-refractivity contribution >= 4 is 38.3 Å². The van der Waals surface area contributed by atoms with E-state index in [-0.39, 0.29) is 10.5 Å². The number of hydrogen-bond acceptors (Lipinski definition) is 5. The molecule has 5 nitrogen and oxygen atoms in total. The summed E-state index contributed by atoms with van der Waals surface area (Å²) in [4.78, 5) is 17.3. The number of aryl methyl sites for hydroxylation is 1. The number of esters is 1. The zero-order valence-corrected chi connectivity index (χ0v) is 18.4. The zero-order valence-electron chi connectivity index (χ0n) is 16.8. The average molecular weight is 452 g/mol. The molecule has 156 valence electrons. The number of para-hydroxylation sites is 2. The van der Waals surface area contributed by atoms with Crippen molar-refractivity contribution in [2.24, 2.45) is 0 Å².